The summed E-state index contributed by atoms with van der Waals surface area (Å²) in [5.41, 5.74) is 1.42. The van der Waals surface area contributed by atoms with Gasteiger partial charge in [0.15, 0.2) is 5.65 Å². The number of nitrogens with one attached hydrogen (secondary N) is 1. The number of hydrogen-bond donors (Lipinski definition) is 1. The van der Waals surface area contributed by atoms with E-state index >= 15 is 0 Å². The first kappa shape index (κ1) is 17.8. The van der Waals surface area contributed by atoms with E-state index in [1.807, 2.05) is 6.07 Å². The van der Waals surface area contributed by atoms with Gasteiger partial charge < -0.3 is 9.47 Å². The maximum absolute atomic E-state index is 12.8. The van der Waals surface area contributed by atoms with Crippen LogP contribution in [0.3, 0.4) is 0 Å². The molecular formula is C17H19N5O4S. The van der Waals surface area contributed by atoms with E-state index < -0.39 is 22.2 Å². The average Bonchev–Trinajstić information content (AvgIpc) is 3.28. The minimum atomic E-state index is -3.75. The molecule has 1 N–H and O–H groups in total. The number of rotatable bonds is 5. The minimum Gasteiger partial charge on any atom is -0.481 e. The van der Waals surface area contributed by atoms with E-state index in [9.17, 15) is 8.42 Å². The molecule has 0 aromatic carbocycles. The number of pyridine rings is 2. The Hall–Kier alpha value is -2.56. The maximum atomic E-state index is 12.8. The van der Waals surface area contributed by atoms with Gasteiger partial charge in [-0.2, -0.15) is 5.10 Å². The monoisotopic (exact) mass is 389 g/mol. The number of aromatic nitrogens is 4. The smallest absolute Gasteiger partial charge is 0.242 e. The summed E-state index contributed by atoms with van der Waals surface area (Å²) in [5.74, 6) is 0.490. The highest BCUT2D eigenvalue weighted by Gasteiger charge is 2.34. The lowest BCUT2D eigenvalue weighted by atomic mass is 10.1. The molecule has 3 aromatic rings. The molecular weight excluding hydrogens is 370 g/mol. The lowest BCUT2D eigenvalue weighted by Gasteiger charge is -2.20. The number of hydrogen-bond acceptors (Lipinski definition) is 7. The quantitative estimate of drug-likeness (QED) is 0.698. The molecule has 10 heteroatoms. The fourth-order valence-electron chi connectivity index (χ4n) is 3.16. The first-order valence-corrected chi connectivity index (χ1v) is 9.88. The van der Waals surface area contributed by atoms with E-state index in [0.29, 0.717) is 29.9 Å². The van der Waals surface area contributed by atoms with Crippen molar-refractivity contribution in [1.29, 1.82) is 0 Å². The van der Waals surface area contributed by atoms with Crippen molar-refractivity contribution in [2.75, 3.05) is 13.7 Å². The Balaban J connectivity index is 1.58. The van der Waals surface area contributed by atoms with Gasteiger partial charge in [-0.1, -0.05) is 0 Å². The molecule has 0 aliphatic carbocycles. The Bertz CT molecular complexity index is 1060. The van der Waals surface area contributed by atoms with Crippen LogP contribution in [0.25, 0.3) is 11.0 Å². The number of fused-ring (bicyclic) bond motifs is 1. The van der Waals surface area contributed by atoms with Crippen LogP contribution in [0.15, 0.2) is 41.7 Å². The zero-order chi connectivity index (χ0) is 19.0. The highest BCUT2D eigenvalue weighted by Crippen LogP contribution is 2.30. The Morgan fingerprint density at radius 1 is 1.26 bits per heavy atom. The van der Waals surface area contributed by atoms with Crippen LogP contribution >= 0.6 is 0 Å². The second-order valence-corrected chi connectivity index (χ2v) is 8.01. The third-order valence-electron chi connectivity index (χ3n) is 4.55. The van der Waals surface area contributed by atoms with Gasteiger partial charge in [0.1, 0.15) is 11.0 Å². The largest absolute Gasteiger partial charge is 0.481 e. The molecule has 1 aliphatic heterocycles. The predicted molar refractivity (Wildman–Crippen MR) is 96.7 cm³/mol. The second-order valence-electron chi connectivity index (χ2n) is 6.29. The molecule has 1 fully saturated rings. The molecule has 0 spiro atoms. The zero-order valence-electron chi connectivity index (χ0n) is 14.9. The maximum Gasteiger partial charge on any atom is 0.242 e. The molecule has 0 saturated carbocycles. The molecule has 1 saturated heterocycles. The van der Waals surface area contributed by atoms with E-state index in [2.05, 4.69) is 19.8 Å². The van der Waals surface area contributed by atoms with Crippen molar-refractivity contribution in [2.24, 2.45) is 7.05 Å². The normalized spacial score (nSPS) is 20.2. The summed E-state index contributed by atoms with van der Waals surface area (Å²) in [5, 5.41) is 4.76. The topological polar surface area (TPSA) is 108 Å². The molecule has 27 heavy (non-hydrogen) atoms. The number of nitrogens with zero attached hydrogens (tertiary/aromatic N) is 4. The van der Waals surface area contributed by atoms with Crippen molar-refractivity contribution in [1.82, 2.24) is 24.5 Å². The Morgan fingerprint density at radius 2 is 2.11 bits per heavy atom. The SMILES string of the molecule is COc1ccc([C@H]2OCC[C@@H]2NS(=O)(=O)c2cnc3c(cnn3C)c2)cn1. The molecule has 1 aliphatic rings. The molecule has 3 aromatic heterocycles. The van der Waals surface area contributed by atoms with E-state index in [4.69, 9.17) is 9.47 Å². The van der Waals surface area contributed by atoms with Crippen molar-refractivity contribution in [2.45, 2.75) is 23.5 Å². The van der Waals surface area contributed by atoms with Crippen molar-refractivity contribution in [3.63, 3.8) is 0 Å². The van der Waals surface area contributed by atoms with Crippen molar-refractivity contribution in [3.05, 3.63) is 42.4 Å². The lowest BCUT2D eigenvalue weighted by molar-refractivity contribution is 0.102. The second kappa shape index (κ2) is 6.87. The molecule has 2 atom stereocenters. The molecule has 142 valence electrons. The van der Waals surface area contributed by atoms with Crippen LogP contribution < -0.4 is 9.46 Å². The van der Waals surface area contributed by atoms with Gasteiger partial charge in [-0.05, 0) is 18.6 Å². The van der Waals surface area contributed by atoms with Crippen LogP contribution in [-0.4, -0.2) is 47.9 Å². The fraction of sp³-hybridized carbons (Fsp3) is 0.353. The van der Waals surface area contributed by atoms with Gasteiger partial charge in [-0.15, -0.1) is 0 Å². The highest BCUT2D eigenvalue weighted by molar-refractivity contribution is 7.89. The van der Waals surface area contributed by atoms with Crippen molar-refractivity contribution < 1.29 is 17.9 Å². The summed E-state index contributed by atoms with van der Waals surface area (Å²) in [6.45, 7) is 0.462. The van der Waals surface area contributed by atoms with Crippen LogP contribution in [0.4, 0.5) is 0 Å². The summed E-state index contributed by atoms with van der Waals surface area (Å²) >= 11 is 0. The molecule has 4 heterocycles. The van der Waals surface area contributed by atoms with Crippen LogP contribution in [0.2, 0.25) is 0 Å². The van der Waals surface area contributed by atoms with Gasteiger partial charge in [0, 0.05) is 43.1 Å². The fourth-order valence-corrected chi connectivity index (χ4v) is 4.41. The summed E-state index contributed by atoms with van der Waals surface area (Å²) in [6.07, 6.45) is 4.73. The van der Waals surface area contributed by atoms with Gasteiger partial charge in [0.25, 0.3) is 0 Å². The summed E-state index contributed by atoms with van der Waals surface area (Å²) < 4.78 is 40.8. The average molecular weight is 389 g/mol. The molecule has 0 radical (unpaired) electrons. The van der Waals surface area contributed by atoms with E-state index in [1.54, 1.807) is 36.3 Å². The molecule has 0 bridgehead atoms. The first-order chi connectivity index (χ1) is 13.0. The van der Waals surface area contributed by atoms with Crippen LogP contribution in [0.5, 0.6) is 5.88 Å². The van der Waals surface area contributed by atoms with Gasteiger partial charge in [-0.3, -0.25) is 4.68 Å². The molecule has 0 unspecified atom stereocenters. The number of methoxy groups -OCH3 is 1. The Morgan fingerprint density at radius 3 is 2.85 bits per heavy atom. The van der Waals surface area contributed by atoms with Crippen LogP contribution in [-0.2, 0) is 21.8 Å². The summed E-state index contributed by atoms with van der Waals surface area (Å²) in [4.78, 5) is 8.47. The Kier molecular flexibility index (Phi) is 4.54. The van der Waals surface area contributed by atoms with Crippen LogP contribution in [0.1, 0.15) is 18.1 Å². The molecule has 4 rings (SSSR count). The van der Waals surface area contributed by atoms with Gasteiger partial charge >= 0.3 is 0 Å². The van der Waals surface area contributed by atoms with Gasteiger partial charge in [-0.25, -0.2) is 23.1 Å². The Labute approximate surface area is 156 Å². The van der Waals surface area contributed by atoms with E-state index in [0.717, 1.165) is 5.56 Å². The number of aryl methyl sites for hydroxylation is 1. The molecule has 0 amide bonds. The van der Waals surface area contributed by atoms with Crippen molar-refractivity contribution >= 4 is 21.1 Å². The van der Waals surface area contributed by atoms with Gasteiger partial charge in [0.2, 0.25) is 15.9 Å². The molecule has 9 nitrogen and oxygen atoms in total. The minimum absolute atomic E-state index is 0.0986. The van der Waals surface area contributed by atoms with E-state index in [1.165, 1.54) is 13.3 Å². The summed E-state index contributed by atoms with van der Waals surface area (Å²) in [7, 11) is -0.459. The lowest BCUT2D eigenvalue weighted by Crippen LogP contribution is -2.36. The number of sulfonamides is 1. The van der Waals surface area contributed by atoms with Gasteiger partial charge in [0.05, 0.1) is 19.3 Å². The van der Waals surface area contributed by atoms with E-state index in [-0.39, 0.29) is 4.90 Å². The summed E-state index contributed by atoms with van der Waals surface area (Å²) in [6, 6.07) is 4.72. The number of ether oxygens (including phenoxy) is 2. The predicted octanol–water partition coefficient (Wildman–Crippen LogP) is 1.18. The third-order valence-corrected chi connectivity index (χ3v) is 6.01. The van der Waals surface area contributed by atoms with Crippen molar-refractivity contribution in [3.8, 4) is 5.88 Å². The third kappa shape index (κ3) is 3.38. The standard InChI is InChI=1S/C17H19N5O4S/c1-22-17-12(9-20-22)7-13(10-19-17)27(23,24)21-14-5-6-26-16(14)11-3-4-15(25-2)18-8-11/h3-4,7-10,14,16,21H,5-6H2,1-2H3/t14-,16+/m0/s1. The zero-order valence-corrected chi connectivity index (χ0v) is 15.7. The van der Waals surface area contributed by atoms with Crippen LogP contribution in [0, 0.1) is 0 Å². The highest BCUT2D eigenvalue weighted by atomic mass is 32.2. The first-order valence-electron chi connectivity index (χ1n) is 8.39.